The zero-order chi connectivity index (χ0) is 23.2. The molecule has 4 rings (SSSR count). The molecule has 4 heteroatoms. The standard InChI is InChI=1S/C29H44F2O2/c1-3-20-8-12-22(13-9-20)26-18-23-14-17-25(33-29(23)28(31)27(26)19-30)7-5-4-6-21-10-15-24(32-2)16-11-21/h18,20-22,24-25H,3-17,19H2,1-2H3. The number of alkyl halides is 1. The third-order valence-electron chi connectivity index (χ3n) is 8.97. The molecule has 2 nitrogen and oxygen atoms in total. The normalized spacial score (nSPS) is 30.0. The van der Waals surface area contributed by atoms with E-state index in [0.29, 0.717) is 17.8 Å². The predicted molar refractivity (Wildman–Crippen MR) is 130 cm³/mol. The summed E-state index contributed by atoms with van der Waals surface area (Å²) in [6, 6.07) is 2.09. The molecule has 1 heterocycles. The molecule has 0 spiro atoms. The highest BCUT2D eigenvalue weighted by Crippen LogP contribution is 2.43. The summed E-state index contributed by atoms with van der Waals surface area (Å²) in [5.41, 5.74) is 2.15. The maximum Gasteiger partial charge on any atom is 0.171 e. The zero-order valence-electron chi connectivity index (χ0n) is 20.9. The molecular weight excluding hydrogens is 418 g/mol. The number of unbranched alkanes of at least 4 members (excludes halogenated alkanes) is 1. The highest BCUT2D eigenvalue weighted by Gasteiger charge is 2.30. The Morgan fingerprint density at radius 2 is 1.64 bits per heavy atom. The van der Waals surface area contributed by atoms with E-state index in [2.05, 4.69) is 13.0 Å². The molecule has 0 saturated heterocycles. The van der Waals surface area contributed by atoms with Crippen molar-refractivity contribution in [2.24, 2.45) is 11.8 Å². The number of rotatable bonds is 9. The van der Waals surface area contributed by atoms with Crippen LogP contribution in [0.15, 0.2) is 6.07 Å². The summed E-state index contributed by atoms with van der Waals surface area (Å²) in [4.78, 5) is 0. The van der Waals surface area contributed by atoms with E-state index in [4.69, 9.17) is 9.47 Å². The van der Waals surface area contributed by atoms with Gasteiger partial charge in [0, 0.05) is 12.7 Å². The number of aryl methyl sites for hydroxylation is 1. The number of halogens is 2. The van der Waals surface area contributed by atoms with E-state index >= 15 is 4.39 Å². The Labute approximate surface area is 199 Å². The van der Waals surface area contributed by atoms with Crippen LogP contribution in [0, 0.1) is 17.7 Å². The largest absolute Gasteiger partial charge is 0.487 e. The first kappa shape index (κ1) is 24.9. The molecule has 3 aliphatic rings. The molecule has 0 amide bonds. The van der Waals surface area contributed by atoms with Gasteiger partial charge >= 0.3 is 0 Å². The van der Waals surface area contributed by atoms with Gasteiger partial charge in [-0.1, -0.05) is 32.3 Å². The fourth-order valence-corrected chi connectivity index (χ4v) is 6.65. The number of methoxy groups -OCH3 is 1. The molecule has 1 atom stereocenters. The van der Waals surface area contributed by atoms with Gasteiger partial charge in [0.25, 0.3) is 0 Å². The summed E-state index contributed by atoms with van der Waals surface area (Å²) >= 11 is 0. The lowest BCUT2D eigenvalue weighted by atomic mass is 9.76. The van der Waals surface area contributed by atoms with Gasteiger partial charge in [-0.25, -0.2) is 8.78 Å². The number of ether oxygens (including phenoxy) is 2. The molecule has 1 unspecified atom stereocenters. The van der Waals surface area contributed by atoms with E-state index in [1.807, 2.05) is 7.11 Å². The highest BCUT2D eigenvalue weighted by molar-refractivity contribution is 5.47. The Balaban J connectivity index is 1.30. The van der Waals surface area contributed by atoms with Crippen molar-refractivity contribution < 1.29 is 18.3 Å². The molecule has 1 aromatic carbocycles. The number of benzene rings is 1. The molecule has 2 fully saturated rings. The lowest BCUT2D eigenvalue weighted by Gasteiger charge is -2.32. The number of fused-ring (bicyclic) bond motifs is 1. The molecule has 0 aromatic heterocycles. The lowest BCUT2D eigenvalue weighted by molar-refractivity contribution is 0.0549. The van der Waals surface area contributed by atoms with Crippen molar-refractivity contribution in [1.29, 1.82) is 0 Å². The Morgan fingerprint density at radius 1 is 0.939 bits per heavy atom. The summed E-state index contributed by atoms with van der Waals surface area (Å²) < 4.78 is 41.0. The zero-order valence-corrected chi connectivity index (χ0v) is 20.9. The van der Waals surface area contributed by atoms with Gasteiger partial charge in [-0.2, -0.15) is 0 Å². The van der Waals surface area contributed by atoms with E-state index in [1.165, 1.54) is 57.8 Å². The van der Waals surface area contributed by atoms with Gasteiger partial charge in [0.1, 0.15) is 6.67 Å². The van der Waals surface area contributed by atoms with Crippen LogP contribution in [0.5, 0.6) is 5.75 Å². The van der Waals surface area contributed by atoms with E-state index in [1.54, 1.807) is 0 Å². The average Bonchev–Trinajstić information content (AvgIpc) is 2.87. The Kier molecular flexibility index (Phi) is 9.07. The second kappa shape index (κ2) is 12.0. The minimum Gasteiger partial charge on any atom is -0.487 e. The van der Waals surface area contributed by atoms with E-state index in [0.717, 1.165) is 61.5 Å². The molecule has 0 bridgehead atoms. The van der Waals surface area contributed by atoms with Gasteiger partial charge < -0.3 is 9.47 Å². The van der Waals surface area contributed by atoms with E-state index in [9.17, 15) is 4.39 Å². The van der Waals surface area contributed by atoms with Crippen LogP contribution in [0.4, 0.5) is 8.78 Å². The van der Waals surface area contributed by atoms with Crippen LogP contribution in [-0.2, 0) is 17.8 Å². The third-order valence-corrected chi connectivity index (χ3v) is 8.97. The quantitative estimate of drug-likeness (QED) is 0.343. The topological polar surface area (TPSA) is 18.5 Å². The summed E-state index contributed by atoms with van der Waals surface area (Å²) in [6.07, 6.45) is 17.6. The average molecular weight is 463 g/mol. The van der Waals surface area contributed by atoms with Gasteiger partial charge in [0.2, 0.25) is 0 Å². The highest BCUT2D eigenvalue weighted by atomic mass is 19.1. The van der Waals surface area contributed by atoms with Crippen molar-refractivity contribution in [3.05, 3.63) is 28.6 Å². The predicted octanol–water partition coefficient (Wildman–Crippen LogP) is 8.44. The van der Waals surface area contributed by atoms with Gasteiger partial charge in [0.15, 0.2) is 11.6 Å². The van der Waals surface area contributed by atoms with Crippen LogP contribution in [0.25, 0.3) is 0 Å². The molecule has 186 valence electrons. The molecular formula is C29H44F2O2. The van der Waals surface area contributed by atoms with Crippen LogP contribution in [0.3, 0.4) is 0 Å². The molecule has 0 N–H and O–H groups in total. The van der Waals surface area contributed by atoms with Crippen LogP contribution in [0.1, 0.15) is 119 Å². The Bertz CT molecular complexity index is 748. The molecule has 1 aromatic rings. The number of hydrogen-bond acceptors (Lipinski definition) is 2. The first-order valence-electron chi connectivity index (χ1n) is 13.7. The Hall–Kier alpha value is -1.16. The van der Waals surface area contributed by atoms with Crippen molar-refractivity contribution in [2.75, 3.05) is 7.11 Å². The maximum absolute atomic E-state index is 15.4. The van der Waals surface area contributed by atoms with Gasteiger partial charge in [-0.3, -0.25) is 0 Å². The van der Waals surface area contributed by atoms with Crippen molar-refractivity contribution in [3.8, 4) is 5.75 Å². The van der Waals surface area contributed by atoms with Crippen LogP contribution in [-0.4, -0.2) is 19.3 Å². The molecule has 2 aliphatic carbocycles. The lowest BCUT2D eigenvalue weighted by Crippen LogP contribution is -2.25. The second-order valence-electron chi connectivity index (χ2n) is 10.9. The fourth-order valence-electron chi connectivity index (χ4n) is 6.65. The van der Waals surface area contributed by atoms with Crippen molar-refractivity contribution >= 4 is 0 Å². The summed E-state index contributed by atoms with van der Waals surface area (Å²) in [7, 11) is 1.82. The maximum atomic E-state index is 15.4. The van der Waals surface area contributed by atoms with Crippen LogP contribution < -0.4 is 4.74 Å². The van der Waals surface area contributed by atoms with Gasteiger partial charge in [-0.05, 0) is 106 Å². The third kappa shape index (κ3) is 6.10. The Morgan fingerprint density at radius 3 is 2.30 bits per heavy atom. The molecule has 1 aliphatic heterocycles. The second-order valence-corrected chi connectivity index (χ2v) is 10.9. The van der Waals surface area contributed by atoms with Crippen molar-refractivity contribution in [1.82, 2.24) is 0 Å². The van der Waals surface area contributed by atoms with Gasteiger partial charge in [0.05, 0.1) is 12.2 Å². The van der Waals surface area contributed by atoms with Gasteiger partial charge in [-0.15, -0.1) is 0 Å². The number of hydrogen-bond donors (Lipinski definition) is 0. The fraction of sp³-hybridized carbons (Fsp3) is 0.793. The van der Waals surface area contributed by atoms with Crippen LogP contribution in [0.2, 0.25) is 0 Å². The minimum absolute atomic E-state index is 0.0644. The SMILES string of the molecule is CCC1CCC(c2cc3c(c(F)c2CF)OC(CCCCC2CCC(OC)CC2)CC3)CC1. The van der Waals surface area contributed by atoms with Crippen molar-refractivity contribution in [3.63, 3.8) is 0 Å². The molecule has 2 saturated carbocycles. The molecule has 0 radical (unpaired) electrons. The smallest absolute Gasteiger partial charge is 0.171 e. The summed E-state index contributed by atoms with van der Waals surface area (Å²) in [5, 5.41) is 0. The minimum atomic E-state index is -0.735. The first-order valence-corrected chi connectivity index (χ1v) is 13.7. The summed E-state index contributed by atoms with van der Waals surface area (Å²) in [5.74, 6) is 1.85. The first-order chi connectivity index (χ1) is 16.1. The summed E-state index contributed by atoms with van der Waals surface area (Å²) in [6.45, 7) is 1.51. The van der Waals surface area contributed by atoms with E-state index < -0.39 is 12.5 Å². The van der Waals surface area contributed by atoms with E-state index in [-0.39, 0.29) is 11.7 Å². The van der Waals surface area contributed by atoms with Crippen molar-refractivity contribution in [2.45, 2.75) is 128 Å². The molecule has 33 heavy (non-hydrogen) atoms. The van der Waals surface area contributed by atoms with Crippen LogP contribution >= 0.6 is 0 Å². The monoisotopic (exact) mass is 462 g/mol.